The van der Waals surface area contributed by atoms with Crippen LogP contribution in [-0.2, 0) is 0 Å². The number of phenols is 1. The van der Waals surface area contributed by atoms with E-state index in [2.05, 4.69) is 5.32 Å². The highest BCUT2D eigenvalue weighted by Gasteiger charge is 2.20. The smallest absolute Gasteiger partial charge is 0.255 e. The van der Waals surface area contributed by atoms with Crippen LogP contribution in [-0.4, -0.2) is 16.6 Å². The lowest BCUT2D eigenvalue weighted by Crippen LogP contribution is -2.42. The lowest BCUT2D eigenvalue weighted by molar-refractivity contribution is 0.0908. The zero-order valence-electron chi connectivity index (χ0n) is 9.67. The van der Waals surface area contributed by atoms with Gasteiger partial charge in [-0.25, -0.2) is 4.39 Å². The fraction of sp³-hybridized carbons (Fsp3) is 0.417. The number of carbonyl (C=O) groups is 1. The molecule has 2 N–H and O–H groups in total. The van der Waals surface area contributed by atoms with Crippen molar-refractivity contribution in [2.24, 2.45) is 0 Å². The van der Waals surface area contributed by atoms with Crippen LogP contribution in [0, 0.1) is 5.82 Å². The lowest BCUT2D eigenvalue weighted by Gasteiger charge is -2.24. The van der Waals surface area contributed by atoms with E-state index < -0.39 is 11.7 Å². The van der Waals surface area contributed by atoms with Crippen LogP contribution >= 0.6 is 0 Å². The summed E-state index contributed by atoms with van der Waals surface area (Å²) in [4.78, 5) is 11.8. The van der Waals surface area contributed by atoms with Gasteiger partial charge in [0.15, 0.2) is 0 Å². The maximum Gasteiger partial charge on any atom is 0.255 e. The van der Waals surface area contributed by atoms with Crippen LogP contribution in [0.15, 0.2) is 18.2 Å². The van der Waals surface area contributed by atoms with Gasteiger partial charge in [-0.05, 0) is 32.4 Å². The Kier molecular flexibility index (Phi) is 3.52. The molecular weight excluding hydrogens is 209 g/mol. The summed E-state index contributed by atoms with van der Waals surface area (Å²) < 4.78 is 12.7. The monoisotopic (exact) mass is 225 g/mol. The third-order valence-electron chi connectivity index (χ3n) is 2.54. The molecule has 0 aliphatic rings. The average Bonchev–Trinajstić information content (AvgIpc) is 2.16. The normalized spacial score (nSPS) is 11.2. The Hall–Kier alpha value is -1.58. The van der Waals surface area contributed by atoms with E-state index in [0.29, 0.717) is 0 Å². The number of halogens is 1. The van der Waals surface area contributed by atoms with Crippen molar-refractivity contribution in [3.63, 3.8) is 0 Å². The maximum absolute atomic E-state index is 12.7. The molecule has 16 heavy (non-hydrogen) atoms. The van der Waals surface area contributed by atoms with E-state index in [1.807, 2.05) is 20.8 Å². The highest BCUT2D eigenvalue weighted by Crippen LogP contribution is 2.19. The van der Waals surface area contributed by atoms with Gasteiger partial charge in [0.1, 0.15) is 11.6 Å². The molecule has 4 heteroatoms. The maximum atomic E-state index is 12.7. The first kappa shape index (κ1) is 12.5. The van der Waals surface area contributed by atoms with Crippen LogP contribution in [0.1, 0.15) is 37.6 Å². The van der Waals surface area contributed by atoms with Crippen molar-refractivity contribution in [3.05, 3.63) is 29.6 Å². The first-order valence-corrected chi connectivity index (χ1v) is 5.17. The van der Waals surface area contributed by atoms with Gasteiger partial charge in [-0.15, -0.1) is 0 Å². The zero-order valence-corrected chi connectivity index (χ0v) is 9.67. The number of benzene rings is 1. The molecule has 0 atom stereocenters. The van der Waals surface area contributed by atoms with Gasteiger partial charge >= 0.3 is 0 Å². The summed E-state index contributed by atoms with van der Waals surface area (Å²) in [6.07, 6.45) is 0.765. The molecule has 1 amide bonds. The van der Waals surface area contributed by atoms with Gasteiger partial charge in [0, 0.05) is 11.6 Å². The Labute approximate surface area is 94.3 Å². The first-order chi connectivity index (χ1) is 7.35. The fourth-order valence-electron chi connectivity index (χ4n) is 1.16. The van der Waals surface area contributed by atoms with Crippen LogP contribution in [0.4, 0.5) is 4.39 Å². The summed E-state index contributed by atoms with van der Waals surface area (Å²) >= 11 is 0. The third kappa shape index (κ3) is 2.95. The molecule has 1 rings (SSSR count). The molecule has 1 aromatic rings. The van der Waals surface area contributed by atoms with E-state index in [-0.39, 0.29) is 16.9 Å². The quantitative estimate of drug-likeness (QED) is 0.830. The number of hydrogen-bond donors (Lipinski definition) is 2. The minimum absolute atomic E-state index is 0.0860. The molecule has 0 aromatic heterocycles. The standard InChI is InChI=1S/C12H16FNO2/c1-4-12(2,3)14-11(16)9-6-5-8(13)7-10(9)15/h5-7,15H,4H2,1-3H3,(H,14,16). The van der Waals surface area contributed by atoms with Crippen LogP contribution < -0.4 is 5.32 Å². The van der Waals surface area contributed by atoms with E-state index in [1.54, 1.807) is 0 Å². The minimum Gasteiger partial charge on any atom is -0.507 e. The summed E-state index contributed by atoms with van der Waals surface area (Å²) in [5.74, 6) is -1.31. The second kappa shape index (κ2) is 4.51. The van der Waals surface area contributed by atoms with Crippen molar-refractivity contribution in [2.75, 3.05) is 0 Å². The van der Waals surface area contributed by atoms with Crippen molar-refractivity contribution in [2.45, 2.75) is 32.7 Å². The predicted octanol–water partition coefficient (Wildman–Crippen LogP) is 2.45. The molecule has 1 aromatic carbocycles. The van der Waals surface area contributed by atoms with Gasteiger partial charge in [-0.3, -0.25) is 4.79 Å². The molecule has 88 valence electrons. The molecule has 0 aliphatic carbocycles. The molecule has 0 fully saturated rings. The van der Waals surface area contributed by atoms with E-state index >= 15 is 0 Å². The van der Waals surface area contributed by atoms with Gasteiger partial charge in [0.05, 0.1) is 5.56 Å². The Morgan fingerprint density at radius 3 is 2.62 bits per heavy atom. The fourth-order valence-corrected chi connectivity index (χ4v) is 1.16. The summed E-state index contributed by atoms with van der Waals surface area (Å²) in [5, 5.41) is 12.2. The number of phenolic OH excluding ortho intramolecular Hbond substituents is 1. The number of nitrogens with one attached hydrogen (secondary N) is 1. The SMILES string of the molecule is CCC(C)(C)NC(=O)c1ccc(F)cc1O. The minimum atomic E-state index is -0.566. The van der Waals surface area contributed by atoms with Crippen molar-refractivity contribution < 1.29 is 14.3 Å². The second-order valence-corrected chi connectivity index (χ2v) is 4.35. The number of aromatic hydroxyl groups is 1. The van der Waals surface area contributed by atoms with Crippen LogP contribution in [0.3, 0.4) is 0 Å². The number of carbonyl (C=O) groups excluding carboxylic acids is 1. The number of amides is 1. The lowest BCUT2D eigenvalue weighted by atomic mass is 10.0. The van der Waals surface area contributed by atoms with Crippen LogP contribution in [0.2, 0.25) is 0 Å². The van der Waals surface area contributed by atoms with Crippen molar-refractivity contribution >= 4 is 5.91 Å². The number of rotatable bonds is 3. The van der Waals surface area contributed by atoms with Crippen molar-refractivity contribution in [1.82, 2.24) is 5.32 Å². The van der Waals surface area contributed by atoms with Gasteiger partial charge < -0.3 is 10.4 Å². The molecule has 0 heterocycles. The predicted molar refractivity (Wildman–Crippen MR) is 59.9 cm³/mol. The largest absolute Gasteiger partial charge is 0.507 e. The molecule has 0 radical (unpaired) electrons. The second-order valence-electron chi connectivity index (χ2n) is 4.35. The van der Waals surface area contributed by atoms with Crippen LogP contribution in [0.25, 0.3) is 0 Å². The molecule has 0 spiro atoms. The Morgan fingerprint density at radius 2 is 2.12 bits per heavy atom. The Morgan fingerprint density at radius 1 is 1.50 bits per heavy atom. The van der Waals surface area contributed by atoms with Crippen molar-refractivity contribution in [1.29, 1.82) is 0 Å². The highest BCUT2D eigenvalue weighted by atomic mass is 19.1. The summed E-state index contributed by atoms with van der Waals surface area (Å²) in [7, 11) is 0. The van der Waals surface area contributed by atoms with Crippen molar-refractivity contribution in [3.8, 4) is 5.75 Å². The average molecular weight is 225 g/mol. The van der Waals surface area contributed by atoms with Gasteiger partial charge in [0.2, 0.25) is 0 Å². The number of hydrogen-bond acceptors (Lipinski definition) is 2. The van der Waals surface area contributed by atoms with E-state index in [0.717, 1.165) is 18.6 Å². The molecule has 0 unspecified atom stereocenters. The van der Waals surface area contributed by atoms with E-state index in [9.17, 15) is 14.3 Å². The van der Waals surface area contributed by atoms with E-state index in [4.69, 9.17) is 0 Å². The van der Waals surface area contributed by atoms with Crippen LogP contribution in [0.5, 0.6) is 5.75 Å². The zero-order chi connectivity index (χ0) is 12.3. The molecule has 0 aliphatic heterocycles. The van der Waals surface area contributed by atoms with Gasteiger partial charge in [-0.1, -0.05) is 6.92 Å². The Bertz CT molecular complexity index is 402. The molecule has 0 saturated heterocycles. The molecule has 3 nitrogen and oxygen atoms in total. The van der Waals surface area contributed by atoms with Gasteiger partial charge in [0.25, 0.3) is 5.91 Å². The Balaban J connectivity index is 2.89. The summed E-state index contributed by atoms with van der Waals surface area (Å²) in [5.41, 5.74) is -0.263. The molecule has 0 bridgehead atoms. The topological polar surface area (TPSA) is 49.3 Å². The summed E-state index contributed by atoms with van der Waals surface area (Å²) in [6.45, 7) is 5.71. The third-order valence-corrected chi connectivity index (χ3v) is 2.54. The molecular formula is C12H16FNO2. The van der Waals surface area contributed by atoms with Gasteiger partial charge in [-0.2, -0.15) is 0 Å². The van der Waals surface area contributed by atoms with E-state index in [1.165, 1.54) is 6.07 Å². The summed E-state index contributed by atoms with van der Waals surface area (Å²) in [6, 6.07) is 3.34. The molecule has 0 saturated carbocycles. The first-order valence-electron chi connectivity index (χ1n) is 5.17. The highest BCUT2D eigenvalue weighted by molar-refractivity contribution is 5.97.